The number of rotatable bonds is 7. The van der Waals surface area contributed by atoms with Crippen LogP contribution in [0.25, 0.3) is 0 Å². The maximum Gasteiger partial charge on any atom is 0.354 e. The molecule has 0 spiro atoms. The number of benzene rings is 1. The summed E-state index contributed by atoms with van der Waals surface area (Å²) < 4.78 is 0. The van der Waals surface area contributed by atoms with E-state index in [0.29, 0.717) is 13.1 Å². The summed E-state index contributed by atoms with van der Waals surface area (Å²) in [6, 6.07) is 7.66. The van der Waals surface area contributed by atoms with E-state index in [4.69, 9.17) is 4.84 Å². The first kappa shape index (κ1) is 15.1. The molecule has 1 rings (SSSR count). The van der Waals surface area contributed by atoms with E-state index in [9.17, 15) is 19.8 Å². The van der Waals surface area contributed by atoms with Crippen LogP contribution < -0.4 is 0 Å². The van der Waals surface area contributed by atoms with Gasteiger partial charge in [0.15, 0.2) is 0 Å². The molecule has 6 heteroatoms. The van der Waals surface area contributed by atoms with Gasteiger partial charge in [0.05, 0.1) is 0 Å². The van der Waals surface area contributed by atoms with Crippen LogP contribution in [0.15, 0.2) is 30.3 Å². The van der Waals surface area contributed by atoms with Crippen LogP contribution in [0.2, 0.25) is 0 Å². The molecule has 1 aromatic carbocycles. The van der Waals surface area contributed by atoms with E-state index < -0.39 is 17.5 Å². The van der Waals surface area contributed by atoms with Crippen LogP contribution in [0.3, 0.4) is 0 Å². The standard InChI is InChI=1S/C13H17NO5/c1-3-14(4-2)19-13(11(15)16,12(17)18)10-8-6-5-7-9-10/h5-9H,3-4H2,1-2H3,(H,15,16)(H,17,18). The van der Waals surface area contributed by atoms with Gasteiger partial charge in [-0.25, -0.2) is 9.59 Å². The first-order valence-electron chi connectivity index (χ1n) is 5.95. The van der Waals surface area contributed by atoms with Crippen molar-refractivity contribution >= 4 is 11.9 Å². The van der Waals surface area contributed by atoms with Crippen LogP contribution in [0.1, 0.15) is 19.4 Å². The molecule has 2 N–H and O–H groups in total. The quantitative estimate of drug-likeness (QED) is 0.572. The van der Waals surface area contributed by atoms with E-state index in [0.717, 1.165) is 0 Å². The fraction of sp³-hybridized carbons (Fsp3) is 0.385. The minimum absolute atomic E-state index is 0.0712. The number of carboxylic acid groups (broad SMARTS) is 2. The average molecular weight is 267 g/mol. The van der Waals surface area contributed by atoms with Crippen molar-refractivity contribution in [3.05, 3.63) is 35.9 Å². The lowest BCUT2D eigenvalue weighted by atomic mass is 9.94. The molecule has 0 aliphatic rings. The van der Waals surface area contributed by atoms with Crippen LogP contribution in [-0.4, -0.2) is 40.3 Å². The summed E-state index contributed by atoms with van der Waals surface area (Å²) in [4.78, 5) is 28.3. The fourth-order valence-electron chi connectivity index (χ4n) is 1.69. The Hall–Kier alpha value is -1.92. The molecule has 0 aliphatic carbocycles. The second kappa shape index (κ2) is 6.31. The van der Waals surface area contributed by atoms with Crippen LogP contribution in [0, 0.1) is 0 Å². The van der Waals surface area contributed by atoms with Gasteiger partial charge in [0, 0.05) is 18.7 Å². The number of hydroxylamine groups is 2. The summed E-state index contributed by atoms with van der Waals surface area (Å²) in [5.41, 5.74) is -2.35. The lowest BCUT2D eigenvalue weighted by Gasteiger charge is -2.30. The maximum atomic E-state index is 11.5. The third kappa shape index (κ3) is 2.91. The molecule has 0 saturated carbocycles. The molecule has 0 radical (unpaired) electrons. The molecule has 104 valence electrons. The minimum Gasteiger partial charge on any atom is -0.478 e. The minimum atomic E-state index is -2.42. The Kier molecular flexibility index (Phi) is 5.02. The van der Waals surface area contributed by atoms with Crippen molar-refractivity contribution < 1.29 is 24.6 Å². The number of hydrogen-bond acceptors (Lipinski definition) is 4. The second-order valence-corrected chi connectivity index (χ2v) is 3.86. The largest absolute Gasteiger partial charge is 0.478 e. The highest BCUT2D eigenvalue weighted by Gasteiger charge is 2.51. The van der Waals surface area contributed by atoms with Gasteiger partial charge in [-0.1, -0.05) is 44.2 Å². The zero-order valence-electron chi connectivity index (χ0n) is 10.9. The zero-order valence-corrected chi connectivity index (χ0v) is 10.9. The number of carboxylic acids is 2. The second-order valence-electron chi connectivity index (χ2n) is 3.86. The van der Waals surface area contributed by atoms with E-state index in [1.165, 1.54) is 17.2 Å². The van der Waals surface area contributed by atoms with Crippen molar-refractivity contribution in [2.24, 2.45) is 0 Å². The molecule has 19 heavy (non-hydrogen) atoms. The molecule has 0 saturated heterocycles. The van der Waals surface area contributed by atoms with Crippen LogP contribution >= 0.6 is 0 Å². The Morgan fingerprint density at radius 1 is 1.11 bits per heavy atom. The molecule has 0 fully saturated rings. The van der Waals surface area contributed by atoms with Crippen LogP contribution in [0.4, 0.5) is 0 Å². The van der Waals surface area contributed by atoms with Crippen molar-refractivity contribution in [1.82, 2.24) is 5.06 Å². The van der Waals surface area contributed by atoms with E-state index >= 15 is 0 Å². The summed E-state index contributed by atoms with van der Waals surface area (Å²) in [5, 5.41) is 20.0. The van der Waals surface area contributed by atoms with Gasteiger partial charge in [-0.15, -0.1) is 0 Å². The predicted molar refractivity (Wildman–Crippen MR) is 67.4 cm³/mol. The first-order valence-corrected chi connectivity index (χ1v) is 5.95. The van der Waals surface area contributed by atoms with Crippen molar-refractivity contribution in [1.29, 1.82) is 0 Å². The molecule has 0 aromatic heterocycles. The number of carbonyl (C=O) groups is 2. The molecular formula is C13H17NO5. The molecule has 0 atom stereocenters. The van der Waals surface area contributed by atoms with Gasteiger partial charge >= 0.3 is 17.5 Å². The van der Waals surface area contributed by atoms with E-state index in [1.807, 2.05) is 0 Å². The number of aliphatic carboxylic acids is 2. The van der Waals surface area contributed by atoms with Gasteiger partial charge in [-0.2, -0.15) is 5.06 Å². The highest BCUT2D eigenvalue weighted by Crippen LogP contribution is 2.28. The molecule has 6 nitrogen and oxygen atoms in total. The van der Waals surface area contributed by atoms with Gasteiger partial charge < -0.3 is 10.2 Å². The average Bonchev–Trinajstić information content (AvgIpc) is 2.40. The number of nitrogens with zero attached hydrogens (tertiary/aromatic N) is 1. The Bertz CT molecular complexity index is 428. The predicted octanol–water partition coefficient (Wildman–Crippen LogP) is 1.32. The molecule has 0 heterocycles. The van der Waals surface area contributed by atoms with Crippen LogP contribution in [0.5, 0.6) is 0 Å². The lowest BCUT2D eigenvalue weighted by Crippen LogP contribution is -2.50. The topological polar surface area (TPSA) is 87.1 Å². The number of hydrogen-bond donors (Lipinski definition) is 2. The highest BCUT2D eigenvalue weighted by atomic mass is 16.7. The Morgan fingerprint density at radius 2 is 1.58 bits per heavy atom. The van der Waals surface area contributed by atoms with Crippen molar-refractivity contribution in [3.8, 4) is 0 Å². The molecule has 0 aliphatic heterocycles. The van der Waals surface area contributed by atoms with Gasteiger partial charge in [-0.05, 0) is 0 Å². The molecule has 1 aromatic rings. The Balaban J connectivity index is 3.31. The van der Waals surface area contributed by atoms with Gasteiger partial charge in [0.1, 0.15) is 0 Å². The van der Waals surface area contributed by atoms with Gasteiger partial charge in [0.25, 0.3) is 0 Å². The summed E-state index contributed by atoms with van der Waals surface area (Å²) in [6.45, 7) is 4.27. The fourth-order valence-corrected chi connectivity index (χ4v) is 1.69. The maximum absolute atomic E-state index is 11.5. The SMILES string of the molecule is CCN(CC)OC(C(=O)O)(C(=O)O)c1ccccc1. The van der Waals surface area contributed by atoms with Crippen molar-refractivity contribution in [2.45, 2.75) is 19.4 Å². The van der Waals surface area contributed by atoms with E-state index in [1.54, 1.807) is 32.0 Å². The van der Waals surface area contributed by atoms with E-state index in [2.05, 4.69) is 0 Å². The lowest BCUT2D eigenvalue weighted by molar-refractivity contribution is -0.253. The first-order chi connectivity index (χ1) is 8.98. The molecule has 0 bridgehead atoms. The third-order valence-corrected chi connectivity index (χ3v) is 2.75. The van der Waals surface area contributed by atoms with E-state index in [-0.39, 0.29) is 5.56 Å². The Morgan fingerprint density at radius 3 is 1.95 bits per heavy atom. The normalized spacial score (nSPS) is 11.5. The summed E-state index contributed by atoms with van der Waals surface area (Å²) in [6.07, 6.45) is 0. The summed E-state index contributed by atoms with van der Waals surface area (Å²) in [7, 11) is 0. The summed E-state index contributed by atoms with van der Waals surface area (Å²) in [5.74, 6) is -3.11. The van der Waals surface area contributed by atoms with Crippen LogP contribution in [-0.2, 0) is 20.0 Å². The zero-order chi connectivity index (χ0) is 14.5. The monoisotopic (exact) mass is 267 g/mol. The van der Waals surface area contributed by atoms with Crippen molar-refractivity contribution in [2.75, 3.05) is 13.1 Å². The van der Waals surface area contributed by atoms with Gasteiger partial charge in [0.2, 0.25) is 0 Å². The molecular weight excluding hydrogens is 250 g/mol. The smallest absolute Gasteiger partial charge is 0.354 e. The third-order valence-electron chi connectivity index (χ3n) is 2.75. The van der Waals surface area contributed by atoms with Crippen molar-refractivity contribution in [3.63, 3.8) is 0 Å². The van der Waals surface area contributed by atoms with Gasteiger partial charge in [-0.3, -0.25) is 4.84 Å². The molecule has 0 amide bonds. The molecule has 0 unspecified atom stereocenters. The highest BCUT2D eigenvalue weighted by molar-refractivity contribution is 6.02. The Labute approximate surface area is 111 Å². The summed E-state index contributed by atoms with van der Waals surface area (Å²) >= 11 is 0.